The number of carbonyl (C=O) groups is 2. The van der Waals surface area contributed by atoms with Gasteiger partial charge in [0.25, 0.3) is 11.7 Å². The van der Waals surface area contributed by atoms with Crippen LogP contribution >= 0.6 is 23.2 Å². The molecule has 3 aromatic rings. The van der Waals surface area contributed by atoms with Crippen molar-refractivity contribution < 1.29 is 19.4 Å². The Bertz CT molecular complexity index is 1240. The van der Waals surface area contributed by atoms with Gasteiger partial charge in [0.1, 0.15) is 11.5 Å². The molecule has 8 heteroatoms. The van der Waals surface area contributed by atoms with Gasteiger partial charge >= 0.3 is 0 Å². The summed E-state index contributed by atoms with van der Waals surface area (Å²) in [4.78, 5) is 31.7. The normalized spacial score (nSPS) is 17.4. The van der Waals surface area contributed by atoms with Crippen molar-refractivity contribution in [2.75, 3.05) is 6.61 Å². The van der Waals surface area contributed by atoms with E-state index in [9.17, 15) is 14.7 Å². The van der Waals surface area contributed by atoms with Crippen molar-refractivity contribution in [2.45, 2.75) is 19.5 Å². The molecule has 4 rings (SSSR count). The molecule has 33 heavy (non-hydrogen) atoms. The van der Waals surface area contributed by atoms with E-state index in [0.717, 1.165) is 5.56 Å². The van der Waals surface area contributed by atoms with Crippen LogP contribution < -0.4 is 4.74 Å². The van der Waals surface area contributed by atoms with Crippen LogP contribution in [0.15, 0.2) is 72.6 Å². The van der Waals surface area contributed by atoms with Gasteiger partial charge in [-0.05, 0) is 54.4 Å². The first-order valence-corrected chi connectivity index (χ1v) is 11.0. The van der Waals surface area contributed by atoms with Crippen molar-refractivity contribution in [3.8, 4) is 5.75 Å². The van der Waals surface area contributed by atoms with Crippen molar-refractivity contribution in [3.05, 3.63) is 99.3 Å². The van der Waals surface area contributed by atoms with E-state index in [1.165, 1.54) is 11.0 Å². The number of likely N-dealkylation sites (tertiary alicyclic amines) is 1. The number of amides is 1. The molecule has 0 radical (unpaired) electrons. The second kappa shape index (κ2) is 9.65. The molecule has 1 aliphatic heterocycles. The van der Waals surface area contributed by atoms with E-state index in [4.69, 9.17) is 27.9 Å². The number of rotatable bonds is 6. The minimum Gasteiger partial charge on any atom is -0.507 e. The van der Waals surface area contributed by atoms with Gasteiger partial charge in [0.15, 0.2) is 0 Å². The van der Waals surface area contributed by atoms with Crippen molar-refractivity contribution >= 4 is 40.7 Å². The molecule has 0 spiro atoms. The van der Waals surface area contributed by atoms with Crippen molar-refractivity contribution in [1.82, 2.24) is 9.88 Å². The van der Waals surface area contributed by atoms with E-state index < -0.39 is 17.7 Å². The Morgan fingerprint density at radius 1 is 1.12 bits per heavy atom. The van der Waals surface area contributed by atoms with E-state index in [2.05, 4.69) is 4.98 Å². The number of carbonyl (C=O) groups excluding carboxylic acids is 2. The highest BCUT2D eigenvalue weighted by atomic mass is 35.5. The fourth-order valence-corrected chi connectivity index (χ4v) is 4.26. The highest BCUT2D eigenvalue weighted by Gasteiger charge is 2.46. The first-order valence-electron chi connectivity index (χ1n) is 10.3. The van der Waals surface area contributed by atoms with Crippen LogP contribution in [0.3, 0.4) is 0 Å². The number of aliphatic hydroxyl groups is 1. The zero-order valence-corrected chi connectivity index (χ0v) is 19.2. The Hall–Kier alpha value is -3.35. The minimum absolute atomic E-state index is 0.0358. The van der Waals surface area contributed by atoms with Crippen LogP contribution in [-0.4, -0.2) is 33.3 Å². The van der Waals surface area contributed by atoms with Gasteiger partial charge in [0.05, 0.1) is 23.2 Å². The molecule has 0 bridgehead atoms. The summed E-state index contributed by atoms with van der Waals surface area (Å²) < 4.78 is 5.44. The largest absolute Gasteiger partial charge is 0.507 e. The molecule has 2 heterocycles. The summed E-state index contributed by atoms with van der Waals surface area (Å²) in [5.74, 6) is -1.37. The molecule has 1 fully saturated rings. The second-order valence-electron chi connectivity index (χ2n) is 7.42. The van der Waals surface area contributed by atoms with Crippen LogP contribution in [-0.2, 0) is 16.1 Å². The molecule has 1 N–H and O–H groups in total. The van der Waals surface area contributed by atoms with Crippen LogP contribution in [0.25, 0.3) is 5.76 Å². The van der Waals surface area contributed by atoms with Crippen LogP contribution in [0.2, 0.25) is 10.0 Å². The molecule has 0 unspecified atom stereocenters. The van der Waals surface area contributed by atoms with Crippen molar-refractivity contribution in [3.63, 3.8) is 0 Å². The van der Waals surface area contributed by atoms with Gasteiger partial charge in [0.2, 0.25) is 0 Å². The summed E-state index contributed by atoms with van der Waals surface area (Å²) in [7, 11) is 0. The SMILES string of the molecule is CCOc1ccc(/C(O)=C2\C(=O)C(=O)N(Cc3cccnc3)[C@@H]2c2cccc(Cl)c2)cc1Cl. The average molecular weight is 483 g/mol. The third-order valence-corrected chi connectivity index (χ3v) is 5.82. The van der Waals surface area contributed by atoms with Crippen LogP contribution in [0.4, 0.5) is 0 Å². The Balaban J connectivity index is 1.85. The fraction of sp³-hybridized carbons (Fsp3) is 0.160. The van der Waals surface area contributed by atoms with E-state index in [0.29, 0.717) is 28.5 Å². The number of ether oxygens (including phenoxy) is 1. The van der Waals surface area contributed by atoms with E-state index in [1.807, 2.05) is 13.0 Å². The van der Waals surface area contributed by atoms with E-state index >= 15 is 0 Å². The topological polar surface area (TPSA) is 79.7 Å². The number of aliphatic hydroxyl groups excluding tert-OH is 1. The monoisotopic (exact) mass is 482 g/mol. The minimum atomic E-state index is -0.839. The summed E-state index contributed by atoms with van der Waals surface area (Å²) in [5.41, 5.74) is 1.61. The molecule has 1 saturated heterocycles. The van der Waals surface area contributed by atoms with E-state index in [-0.39, 0.29) is 22.9 Å². The number of hydrogen-bond donors (Lipinski definition) is 1. The lowest BCUT2D eigenvalue weighted by molar-refractivity contribution is -0.140. The molecular weight excluding hydrogens is 463 g/mol. The summed E-state index contributed by atoms with van der Waals surface area (Å²) >= 11 is 12.5. The van der Waals surface area contributed by atoms with Gasteiger partial charge in [-0.1, -0.05) is 41.4 Å². The quantitative estimate of drug-likeness (QED) is 0.288. The number of halogens is 2. The molecule has 2 aromatic carbocycles. The number of nitrogens with zero attached hydrogens (tertiary/aromatic N) is 2. The molecule has 0 aliphatic carbocycles. The zero-order valence-electron chi connectivity index (χ0n) is 17.7. The lowest BCUT2D eigenvalue weighted by Crippen LogP contribution is -2.29. The van der Waals surface area contributed by atoms with Crippen molar-refractivity contribution in [1.29, 1.82) is 0 Å². The van der Waals surface area contributed by atoms with Crippen LogP contribution in [0.5, 0.6) is 5.75 Å². The molecule has 6 nitrogen and oxygen atoms in total. The Morgan fingerprint density at radius 3 is 2.61 bits per heavy atom. The lowest BCUT2D eigenvalue weighted by atomic mass is 9.95. The van der Waals surface area contributed by atoms with Gasteiger partial charge in [0, 0.05) is 29.5 Å². The fourth-order valence-electron chi connectivity index (χ4n) is 3.83. The third kappa shape index (κ3) is 4.58. The molecular formula is C25H20Cl2N2O4. The highest BCUT2D eigenvalue weighted by Crippen LogP contribution is 2.41. The number of Topliss-reactive ketones (excluding diaryl/α,β-unsaturated/α-hetero) is 1. The number of pyridine rings is 1. The van der Waals surface area contributed by atoms with Gasteiger partial charge in [-0.2, -0.15) is 0 Å². The molecule has 0 saturated carbocycles. The predicted octanol–water partition coefficient (Wildman–Crippen LogP) is 5.41. The Morgan fingerprint density at radius 2 is 1.94 bits per heavy atom. The predicted molar refractivity (Wildman–Crippen MR) is 126 cm³/mol. The van der Waals surface area contributed by atoms with Crippen LogP contribution in [0.1, 0.15) is 29.7 Å². The van der Waals surface area contributed by atoms with Crippen LogP contribution in [0, 0.1) is 0 Å². The Labute approximate surface area is 201 Å². The maximum Gasteiger partial charge on any atom is 0.295 e. The number of benzene rings is 2. The third-order valence-electron chi connectivity index (χ3n) is 5.29. The van der Waals surface area contributed by atoms with Crippen molar-refractivity contribution in [2.24, 2.45) is 0 Å². The molecule has 1 atom stereocenters. The lowest BCUT2D eigenvalue weighted by Gasteiger charge is -2.25. The first kappa shape index (κ1) is 22.8. The van der Waals surface area contributed by atoms with Gasteiger partial charge in [-0.25, -0.2) is 0 Å². The average Bonchev–Trinajstić information content (AvgIpc) is 3.05. The maximum atomic E-state index is 13.1. The van der Waals surface area contributed by atoms with Gasteiger partial charge in [-0.3, -0.25) is 14.6 Å². The first-order chi connectivity index (χ1) is 15.9. The second-order valence-corrected chi connectivity index (χ2v) is 8.27. The molecule has 1 aliphatic rings. The van der Waals surface area contributed by atoms with Gasteiger partial charge < -0.3 is 14.7 Å². The molecule has 168 valence electrons. The highest BCUT2D eigenvalue weighted by molar-refractivity contribution is 6.46. The summed E-state index contributed by atoms with van der Waals surface area (Å²) in [6.45, 7) is 2.40. The smallest absolute Gasteiger partial charge is 0.295 e. The number of aromatic nitrogens is 1. The zero-order chi connectivity index (χ0) is 23.5. The Kier molecular flexibility index (Phi) is 6.67. The van der Waals surface area contributed by atoms with E-state index in [1.54, 1.807) is 54.9 Å². The summed E-state index contributed by atoms with van der Waals surface area (Å²) in [6, 6.07) is 14.3. The number of hydrogen-bond acceptors (Lipinski definition) is 5. The standard InChI is InChI=1S/C25H20Cl2N2O4/c1-2-33-20-9-8-17(12-19(20)27)23(30)21-22(16-6-3-7-18(26)11-16)29(25(32)24(21)31)14-15-5-4-10-28-13-15/h3-13,22,30H,2,14H2,1H3/b23-21+/t22-/m1/s1. The molecule has 1 aromatic heterocycles. The number of ketones is 1. The maximum absolute atomic E-state index is 13.1. The van der Waals surface area contributed by atoms with Gasteiger partial charge in [-0.15, -0.1) is 0 Å². The molecule has 1 amide bonds. The summed E-state index contributed by atoms with van der Waals surface area (Å²) in [6.07, 6.45) is 3.25. The summed E-state index contributed by atoms with van der Waals surface area (Å²) in [5, 5.41) is 11.9.